The summed E-state index contributed by atoms with van der Waals surface area (Å²) in [6.07, 6.45) is 3.11. The van der Waals surface area contributed by atoms with Crippen molar-refractivity contribution in [1.29, 1.82) is 0 Å². The molecular weight excluding hydrogens is 516 g/mol. The second-order valence-electron chi connectivity index (χ2n) is 8.54. The first-order valence-corrected chi connectivity index (χ1v) is 13.1. The van der Waals surface area contributed by atoms with Gasteiger partial charge in [-0.2, -0.15) is 0 Å². The maximum Gasteiger partial charge on any atom is 0.166 e. The monoisotopic (exact) mass is 550 g/mol. The van der Waals surface area contributed by atoms with Crippen LogP contribution in [0.2, 0.25) is 0 Å². The molecule has 1 heterocycles. The number of ether oxygens (including phenoxy) is 6. The fourth-order valence-electron chi connectivity index (χ4n) is 3.66. The number of hydrogen-bond donors (Lipinski definition) is 2. The Kier molecular flexibility index (Phi) is 11.8. The third-order valence-electron chi connectivity index (χ3n) is 5.71. The van der Waals surface area contributed by atoms with Gasteiger partial charge in [0.15, 0.2) is 23.0 Å². The van der Waals surface area contributed by atoms with Crippen molar-refractivity contribution in [1.82, 2.24) is 0 Å². The highest BCUT2D eigenvalue weighted by Crippen LogP contribution is 2.32. The van der Waals surface area contributed by atoms with Crippen LogP contribution in [0.3, 0.4) is 0 Å². The van der Waals surface area contributed by atoms with Crippen molar-refractivity contribution in [3.8, 4) is 23.0 Å². The third-order valence-corrected chi connectivity index (χ3v) is 5.71. The Morgan fingerprint density at radius 3 is 1.23 bits per heavy atom. The van der Waals surface area contributed by atoms with Crippen LogP contribution in [-0.2, 0) is 18.9 Å². The molecule has 4 rings (SSSR count). The van der Waals surface area contributed by atoms with Crippen LogP contribution in [0.15, 0.2) is 70.6 Å². The van der Waals surface area contributed by atoms with Crippen molar-refractivity contribution in [2.24, 2.45) is 9.98 Å². The van der Waals surface area contributed by atoms with Gasteiger partial charge in [0.25, 0.3) is 0 Å². The lowest BCUT2D eigenvalue weighted by atomic mass is 10.2. The molecular formula is C30H34N2O8. The van der Waals surface area contributed by atoms with E-state index in [0.29, 0.717) is 86.9 Å². The van der Waals surface area contributed by atoms with Gasteiger partial charge in [0.2, 0.25) is 0 Å². The second-order valence-corrected chi connectivity index (χ2v) is 8.54. The van der Waals surface area contributed by atoms with E-state index in [1.165, 1.54) is 0 Å². The summed E-state index contributed by atoms with van der Waals surface area (Å²) in [5.74, 6) is 0.635. The molecule has 0 aromatic heterocycles. The zero-order chi connectivity index (χ0) is 27.8. The molecule has 0 saturated carbocycles. The standard InChI is InChI=1S/C30H34N2O8/c33-29-23-5-3-9-27(29)39-19-17-37-15-13-35-11-12-36-14-16-38-18-20-40-28-10-4-6-24(30(28)34)22-32-26-8-2-1-7-25(26)31-21-23/h1-10,21-22,33-34H,11-20H2. The number of rotatable bonds is 0. The largest absolute Gasteiger partial charge is 0.504 e. The molecule has 3 aromatic rings. The first-order chi connectivity index (χ1) is 19.7. The lowest BCUT2D eigenvalue weighted by Crippen LogP contribution is -2.14. The van der Waals surface area contributed by atoms with E-state index >= 15 is 0 Å². The van der Waals surface area contributed by atoms with E-state index < -0.39 is 0 Å². The van der Waals surface area contributed by atoms with E-state index in [9.17, 15) is 10.2 Å². The molecule has 1 aliphatic heterocycles. The molecule has 10 nitrogen and oxygen atoms in total. The van der Waals surface area contributed by atoms with Gasteiger partial charge in [0, 0.05) is 23.6 Å². The molecule has 0 spiro atoms. The minimum Gasteiger partial charge on any atom is -0.504 e. The van der Waals surface area contributed by atoms with Crippen LogP contribution in [-0.4, -0.2) is 88.7 Å². The van der Waals surface area contributed by atoms with E-state index in [4.69, 9.17) is 28.4 Å². The lowest BCUT2D eigenvalue weighted by molar-refractivity contribution is -0.00709. The fraction of sp³-hybridized carbons (Fsp3) is 0.333. The van der Waals surface area contributed by atoms with Crippen molar-refractivity contribution in [2.45, 2.75) is 0 Å². The number of fused-ring (bicyclic) bond motifs is 5. The summed E-state index contributed by atoms with van der Waals surface area (Å²) in [6.45, 7) is 3.87. The van der Waals surface area contributed by atoms with Gasteiger partial charge in [-0.3, -0.25) is 9.98 Å². The maximum atomic E-state index is 10.7. The van der Waals surface area contributed by atoms with E-state index in [0.717, 1.165) is 0 Å². The highest BCUT2D eigenvalue weighted by Gasteiger charge is 2.09. The summed E-state index contributed by atoms with van der Waals surface area (Å²) < 4.78 is 33.4. The molecule has 0 atom stereocenters. The van der Waals surface area contributed by atoms with Crippen molar-refractivity contribution in [2.75, 3.05) is 66.1 Å². The molecule has 0 amide bonds. The smallest absolute Gasteiger partial charge is 0.166 e. The van der Waals surface area contributed by atoms with Gasteiger partial charge >= 0.3 is 0 Å². The summed E-state index contributed by atoms with van der Waals surface area (Å²) >= 11 is 0. The number of para-hydroxylation sites is 4. The van der Waals surface area contributed by atoms with E-state index in [2.05, 4.69) is 9.98 Å². The van der Waals surface area contributed by atoms with Crippen LogP contribution >= 0.6 is 0 Å². The second kappa shape index (κ2) is 16.2. The minimum absolute atomic E-state index is 0.0177. The molecule has 10 heteroatoms. The lowest BCUT2D eigenvalue weighted by Gasteiger charge is -2.11. The van der Waals surface area contributed by atoms with Crippen LogP contribution in [0.1, 0.15) is 11.1 Å². The SMILES string of the molecule is Oc1c2cccc1OCCOCCOCCOCCOCCOc1cccc(c1O)C=Nc1ccccc1N=C2. The normalized spacial score (nSPS) is 16.5. The van der Waals surface area contributed by atoms with Gasteiger partial charge in [-0.05, 0) is 36.4 Å². The average molecular weight is 551 g/mol. The van der Waals surface area contributed by atoms with Gasteiger partial charge in [0.1, 0.15) is 13.2 Å². The van der Waals surface area contributed by atoms with Gasteiger partial charge in [-0.15, -0.1) is 0 Å². The number of phenolic OH excluding ortho intramolecular Hbond substituents is 2. The minimum atomic E-state index is -0.0177. The number of phenols is 2. The number of benzene rings is 3. The zero-order valence-electron chi connectivity index (χ0n) is 22.2. The Bertz CT molecular complexity index is 1170. The van der Waals surface area contributed by atoms with E-state index in [1.54, 1.807) is 48.8 Å². The number of aliphatic imine (C=N–C) groups is 2. The molecule has 3 aromatic carbocycles. The van der Waals surface area contributed by atoms with Crippen molar-refractivity contribution >= 4 is 23.8 Å². The van der Waals surface area contributed by atoms with E-state index in [-0.39, 0.29) is 24.7 Å². The number of hydrogen-bond acceptors (Lipinski definition) is 10. The van der Waals surface area contributed by atoms with Crippen LogP contribution in [0.4, 0.5) is 11.4 Å². The van der Waals surface area contributed by atoms with Gasteiger partial charge in [-0.1, -0.05) is 24.3 Å². The third kappa shape index (κ3) is 9.06. The molecule has 0 saturated heterocycles. The topological polar surface area (TPSA) is 121 Å². The Morgan fingerprint density at radius 2 is 0.825 bits per heavy atom. The highest BCUT2D eigenvalue weighted by atomic mass is 16.6. The molecule has 0 aliphatic carbocycles. The summed E-state index contributed by atoms with van der Waals surface area (Å²) in [6, 6.07) is 17.7. The first kappa shape index (κ1) is 29.0. The fourth-order valence-corrected chi connectivity index (χ4v) is 3.66. The quantitative estimate of drug-likeness (QED) is 0.422. The Labute approximate surface area is 233 Å². The van der Waals surface area contributed by atoms with Crippen molar-refractivity contribution in [3.63, 3.8) is 0 Å². The number of aromatic hydroxyl groups is 2. The molecule has 212 valence electrons. The Morgan fingerprint density at radius 1 is 0.450 bits per heavy atom. The van der Waals surface area contributed by atoms with Gasteiger partial charge in [0.05, 0.1) is 64.2 Å². The summed E-state index contributed by atoms with van der Waals surface area (Å²) in [7, 11) is 0. The molecule has 4 bridgehead atoms. The van der Waals surface area contributed by atoms with Crippen LogP contribution < -0.4 is 9.47 Å². The summed E-state index contributed by atoms with van der Waals surface area (Å²) in [5, 5.41) is 21.4. The molecule has 0 fully saturated rings. The predicted molar refractivity (Wildman–Crippen MR) is 151 cm³/mol. The average Bonchev–Trinajstić information content (AvgIpc) is 2.97. The van der Waals surface area contributed by atoms with Gasteiger partial charge < -0.3 is 38.6 Å². The number of nitrogens with zero attached hydrogens (tertiary/aromatic N) is 2. The molecule has 1 aliphatic rings. The zero-order valence-corrected chi connectivity index (χ0v) is 22.2. The summed E-state index contributed by atoms with van der Waals surface area (Å²) in [4.78, 5) is 9.07. The highest BCUT2D eigenvalue weighted by molar-refractivity contribution is 5.90. The van der Waals surface area contributed by atoms with E-state index in [1.807, 2.05) is 24.3 Å². The predicted octanol–water partition coefficient (Wildman–Crippen LogP) is 4.44. The molecule has 2 N–H and O–H groups in total. The molecule has 0 unspecified atom stereocenters. The summed E-state index contributed by atoms with van der Waals surface area (Å²) in [5.41, 5.74) is 2.16. The van der Waals surface area contributed by atoms with Crippen molar-refractivity contribution in [3.05, 3.63) is 71.8 Å². The molecule has 40 heavy (non-hydrogen) atoms. The Hall–Kier alpha value is -3.96. The van der Waals surface area contributed by atoms with Crippen LogP contribution in [0.25, 0.3) is 0 Å². The van der Waals surface area contributed by atoms with Crippen LogP contribution in [0, 0.1) is 0 Å². The van der Waals surface area contributed by atoms with Crippen LogP contribution in [0.5, 0.6) is 23.0 Å². The molecule has 0 radical (unpaired) electrons. The maximum absolute atomic E-state index is 10.7. The first-order valence-electron chi connectivity index (χ1n) is 13.1. The van der Waals surface area contributed by atoms with Gasteiger partial charge in [-0.25, -0.2) is 0 Å². The Balaban J connectivity index is 1.49. The van der Waals surface area contributed by atoms with Crippen molar-refractivity contribution < 1.29 is 38.6 Å².